The van der Waals surface area contributed by atoms with E-state index in [1.807, 2.05) is 0 Å². The monoisotopic (exact) mass is 224 g/mol. The standard InChI is InChI=1S/C13H24N2O/c14-12(10-6-2-1-3-7-10)13(16)15-11-8-4-5-9-11/h10-12H,1-9,14H2,(H,15,16)/t12-/m0/s1. The molecule has 2 aliphatic carbocycles. The highest BCUT2D eigenvalue weighted by molar-refractivity contribution is 5.82. The first-order valence-corrected chi connectivity index (χ1v) is 6.83. The minimum atomic E-state index is -0.263. The minimum absolute atomic E-state index is 0.0961. The van der Waals surface area contributed by atoms with Crippen LogP contribution in [0, 0.1) is 5.92 Å². The van der Waals surface area contributed by atoms with E-state index in [1.165, 1.54) is 32.1 Å². The van der Waals surface area contributed by atoms with Crippen molar-refractivity contribution in [1.29, 1.82) is 0 Å². The largest absolute Gasteiger partial charge is 0.352 e. The van der Waals surface area contributed by atoms with Crippen molar-refractivity contribution in [3.8, 4) is 0 Å². The smallest absolute Gasteiger partial charge is 0.237 e. The average Bonchev–Trinajstić information content (AvgIpc) is 2.82. The van der Waals surface area contributed by atoms with Gasteiger partial charge in [0.05, 0.1) is 6.04 Å². The molecule has 3 heteroatoms. The maximum atomic E-state index is 12.0. The Bertz CT molecular complexity index is 230. The first-order chi connectivity index (χ1) is 7.77. The number of carbonyl (C=O) groups excluding carboxylic acids is 1. The van der Waals surface area contributed by atoms with E-state index in [1.54, 1.807) is 0 Å². The summed E-state index contributed by atoms with van der Waals surface area (Å²) in [7, 11) is 0. The highest BCUT2D eigenvalue weighted by Gasteiger charge is 2.28. The first kappa shape index (κ1) is 11.9. The molecule has 0 spiro atoms. The highest BCUT2D eigenvalue weighted by Crippen LogP contribution is 2.26. The summed E-state index contributed by atoms with van der Waals surface area (Å²) in [5.41, 5.74) is 6.06. The molecule has 0 heterocycles. The zero-order valence-electron chi connectivity index (χ0n) is 10.1. The topological polar surface area (TPSA) is 55.1 Å². The molecule has 3 nitrogen and oxygen atoms in total. The lowest BCUT2D eigenvalue weighted by molar-refractivity contribution is -0.124. The Balaban J connectivity index is 1.78. The van der Waals surface area contributed by atoms with E-state index in [0.29, 0.717) is 12.0 Å². The van der Waals surface area contributed by atoms with Gasteiger partial charge in [-0.05, 0) is 31.6 Å². The van der Waals surface area contributed by atoms with E-state index in [2.05, 4.69) is 5.32 Å². The molecule has 0 bridgehead atoms. The molecule has 0 unspecified atom stereocenters. The van der Waals surface area contributed by atoms with Gasteiger partial charge in [-0.1, -0.05) is 32.1 Å². The van der Waals surface area contributed by atoms with E-state index < -0.39 is 0 Å². The van der Waals surface area contributed by atoms with Crippen LogP contribution in [0.4, 0.5) is 0 Å². The van der Waals surface area contributed by atoms with E-state index in [9.17, 15) is 4.79 Å². The van der Waals surface area contributed by atoms with E-state index in [-0.39, 0.29) is 11.9 Å². The second kappa shape index (κ2) is 5.67. The molecular formula is C13H24N2O. The summed E-state index contributed by atoms with van der Waals surface area (Å²) in [5.74, 6) is 0.522. The molecule has 16 heavy (non-hydrogen) atoms. The Labute approximate surface area is 98.2 Å². The molecule has 2 aliphatic rings. The number of rotatable bonds is 3. The van der Waals surface area contributed by atoms with Crippen LogP contribution in [0.1, 0.15) is 57.8 Å². The van der Waals surface area contributed by atoms with Crippen molar-refractivity contribution < 1.29 is 4.79 Å². The van der Waals surface area contributed by atoms with Crippen LogP contribution in [0.5, 0.6) is 0 Å². The Morgan fingerprint density at radius 1 is 1.00 bits per heavy atom. The fraction of sp³-hybridized carbons (Fsp3) is 0.923. The van der Waals surface area contributed by atoms with Crippen LogP contribution in [0.15, 0.2) is 0 Å². The molecule has 2 fully saturated rings. The van der Waals surface area contributed by atoms with Gasteiger partial charge in [0.2, 0.25) is 5.91 Å². The van der Waals surface area contributed by atoms with Crippen LogP contribution < -0.4 is 11.1 Å². The Hall–Kier alpha value is -0.570. The molecule has 1 amide bonds. The van der Waals surface area contributed by atoms with Gasteiger partial charge in [0, 0.05) is 6.04 Å². The van der Waals surface area contributed by atoms with Crippen molar-refractivity contribution in [2.24, 2.45) is 11.7 Å². The molecule has 92 valence electrons. The van der Waals surface area contributed by atoms with Gasteiger partial charge in [0.25, 0.3) is 0 Å². The predicted octanol–water partition coefficient (Wildman–Crippen LogP) is 1.95. The van der Waals surface area contributed by atoms with Crippen LogP contribution in [0.3, 0.4) is 0 Å². The lowest BCUT2D eigenvalue weighted by atomic mass is 9.84. The quantitative estimate of drug-likeness (QED) is 0.770. The number of amides is 1. The molecule has 1 atom stereocenters. The third kappa shape index (κ3) is 2.97. The van der Waals surface area contributed by atoms with Crippen molar-refractivity contribution in [3.63, 3.8) is 0 Å². The molecule has 3 N–H and O–H groups in total. The summed E-state index contributed by atoms with van der Waals surface area (Å²) in [6.45, 7) is 0. The average molecular weight is 224 g/mol. The summed E-state index contributed by atoms with van der Waals surface area (Å²) in [6.07, 6.45) is 10.9. The van der Waals surface area contributed by atoms with Gasteiger partial charge in [-0.2, -0.15) is 0 Å². The lowest BCUT2D eigenvalue weighted by Gasteiger charge is -2.27. The first-order valence-electron chi connectivity index (χ1n) is 6.83. The number of nitrogens with one attached hydrogen (secondary N) is 1. The van der Waals surface area contributed by atoms with Crippen LogP contribution in [0.25, 0.3) is 0 Å². The van der Waals surface area contributed by atoms with Crippen molar-refractivity contribution in [1.82, 2.24) is 5.32 Å². The molecule has 0 aromatic carbocycles. The van der Waals surface area contributed by atoms with Crippen molar-refractivity contribution >= 4 is 5.91 Å². The van der Waals surface area contributed by atoms with Crippen molar-refractivity contribution in [2.45, 2.75) is 69.9 Å². The number of hydrogen-bond donors (Lipinski definition) is 2. The molecule has 0 saturated heterocycles. The summed E-state index contributed by atoms with van der Waals surface area (Å²) in [6, 6.07) is 0.142. The SMILES string of the molecule is N[C@H](C(=O)NC1CCCC1)C1CCCCC1. The summed E-state index contributed by atoms with van der Waals surface area (Å²) < 4.78 is 0. The summed E-state index contributed by atoms with van der Waals surface area (Å²) >= 11 is 0. The second-order valence-corrected chi connectivity index (χ2v) is 5.41. The zero-order valence-corrected chi connectivity index (χ0v) is 10.1. The van der Waals surface area contributed by atoms with Gasteiger partial charge < -0.3 is 11.1 Å². The molecule has 0 aromatic rings. The van der Waals surface area contributed by atoms with Gasteiger partial charge in [-0.15, -0.1) is 0 Å². The number of carbonyl (C=O) groups is 1. The van der Waals surface area contributed by atoms with Gasteiger partial charge in [-0.3, -0.25) is 4.79 Å². The third-order valence-corrected chi connectivity index (χ3v) is 4.16. The number of hydrogen-bond acceptors (Lipinski definition) is 2. The summed E-state index contributed by atoms with van der Waals surface area (Å²) in [5, 5.41) is 3.11. The van der Waals surface area contributed by atoms with E-state index in [0.717, 1.165) is 25.7 Å². The maximum Gasteiger partial charge on any atom is 0.237 e. The van der Waals surface area contributed by atoms with Gasteiger partial charge in [0.15, 0.2) is 0 Å². The fourth-order valence-electron chi connectivity index (χ4n) is 3.07. The summed E-state index contributed by atoms with van der Waals surface area (Å²) in [4.78, 5) is 12.0. The molecule has 0 aromatic heterocycles. The molecule has 0 radical (unpaired) electrons. The molecule has 2 saturated carbocycles. The zero-order chi connectivity index (χ0) is 11.4. The molecule has 0 aliphatic heterocycles. The normalized spacial score (nSPS) is 25.6. The van der Waals surface area contributed by atoms with Crippen LogP contribution in [-0.4, -0.2) is 18.0 Å². The Morgan fingerprint density at radius 2 is 1.56 bits per heavy atom. The number of nitrogens with two attached hydrogens (primary N) is 1. The van der Waals surface area contributed by atoms with Gasteiger partial charge >= 0.3 is 0 Å². The fourth-order valence-corrected chi connectivity index (χ4v) is 3.07. The lowest BCUT2D eigenvalue weighted by Crippen LogP contribution is -2.48. The maximum absolute atomic E-state index is 12.0. The Morgan fingerprint density at radius 3 is 2.19 bits per heavy atom. The second-order valence-electron chi connectivity index (χ2n) is 5.41. The van der Waals surface area contributed by atoms with Crippen molar-refractivity contribution in [2.75, 3.05) is 0 Å². The van der Waals surface area contributed by atoms with Crippen molar-refractivity contribution in [3.05, 3.63) is 0 Å². The van der Waals surface area contributed by atoms with E-state index in [4.69, 9.17) is 5.73 Å². The molecular weight excluding hydrogens is 200 g/mol. The van der Waals surface area contributed by atoms with E-state index >= 15 is 0 Å². The van der Waals surface area contributed by atoms with Crippen LogP contribution >= 0.6 is 0 Å². The van der Waals surface area contributed by atoms with Gasteiger partial charge in [0.1, 0.15) is 0 Å². The minimum Gasteiger partial charge on any atom is -0.352 e. The Kier molecular flexibility index (Phi) is 4.22. The third-order valence-electron chi connectivity index (χ3n) is 4.16. The molecule has 2 rings (SSSR count). The van der Waals surface area contributed by atoms with Crippen LogP contribution in [-0.2, 0) is 4.79 Å². The highest BCUT2D eigenvalue weighted by atomic mass is 16.2. The van der Waals surface area contributed by atoms with Gasteiger partial charge in [-0.25, -0.2) is 0 Å². The van der Waals surface area contributed by atoms with Crippen LogP contribution in [0.2, 0.25) is 0 Å². The predicted molar refractivity (Wildman–Crippen MR) is 64.9 cm³/mol.